The lowest BCUT2D eigenvalue weighted by Crippen LogP contribution is -2.41. The van der Waals surface area contributed by atoms with E-state index in [4.69, 9.17) is 9.31 Å². The molecule has 0 atom stereocenters. The van der Waals surface area contributed by atoms with Crippen LogP contribution >= 0.6 is 0 Å². The molecule has 0 spiro atoms. The highest BCUT2D eigenvalue weighted by atomic mass is 32.2. The third-order valence-corrected chi connectivity index (χ3v) is 7.14. The lowest BCUT2D eigenvalue weighted by molar-refractivity contribution is 0.00578. The van der Waals surface area contributed by atoms with Crippen LogP contribution in [0, 0.1) is 0 Å². The first-order valence-electron chi connectivity index (χ1n) is 8.94. The van der Waals surface area contributed by atoms with Gasteiger partial charge in [-0.15, -0.1) is 0 Å². The minimum absolute atomic E-state index is 0.178. The molecule has 7 heteroatoms. The Bertz CT molecular complexity index is 687. The molecule has 25 heavy (non-hydrogen) atoms. The zero-order valence-electron chi connectivity index (χ0n) is 16.2. The zero-order chi connectivity index (χ0) is 18.9. The van der Waals surface area contributed by atoms with Crippen LogP contribution in [0.15, 0.2) is 24.3 Å². The minimum atomic E-state index is -3.22. The smallest absolute Gasteiger partial charge is 0.399 e. The summed E-state index contributed by atoms with van der Waals surface area (Å²) >= 11 is 0. The quantitative estimate of drug-likeness (QED) is 0.695. The van der Waals surface area contributed by atoms with E-state index in [0.29, 0.717) is 19.5 Å². The van der Waals surface area contributed by atoms with Crippen molar-refractivity contribution >= 4 is 22.6 Å². The molecule has 1 heterocycles. The van der Waals surface area contributed by atoms with Gasteiger partial charge in [0.25, 0.3) is 0 Å². The first-order valence-corrected chi connectivity index (χ1v) is 10.6. The van der Waals surface area contributed by atoms with Crippen molar-refractivity contribution in [1.82, 2.24) is 4.31 Å². The van der Waals surface area contributed by atoms with Crippen LogP contribution < -0.4 is 5.46 Å². The normalized spacial score (nSPS) is 19.6. The van der Waals surface area contributed by atoms with Gasteiger partial charge in [0.05, 0.1) is 17.0 Å². The molecule has 0 amide bonds. The molecule has 1 aliphatic rings. The maximum atomic E-state index is 12.4. The Kier molecular flexibility index (Phi) is 6.04. The summed E-state index contributed by atoms with van der Waals surface area (Å²) in [6.07, 6.45) is 0.618. The van der Waals surface area contributed by atoms with Gasteiger partial charge in [-0.25, -0.2) is 8.42 Å². The standard InChI is InChI=1S/C18H30BNO4S/c1-7-12-25(21,22)20(8-2)14-15-10-9-11-16(13-15)19-23-17(3,4)18(5,6)24-19/h9-11,13H,7-8,12,14H2,1-6H3. The summed E-state index contributed by atoms with van der Waals surface area (Å²) in [5.41, 5.74) is 1.06. The number of rotatable bonds is 7. The van der Waals surface area contributed by atoms with Crippen molar-refractivity contribution in [3.05, 3.63) is 29.8 Å². The Morgan fingerprint density at radius 1 is 1.08 bits per heavy atom. The van der Waals surface area contributed by atoms with E-state index in [0.717, 1.165) is 11.0 Å². The summed E-state index contributed by atoms with van der Waals surface area (Å²) in [5.74, 6) is 0.178. The van der Waals surface area contributed by atoms with Gasteiger partial charge in [0.2, 0.25) is 10.0 Å². The Hall–Kier alpha value is -0.885. The second-order valence-corrected chi connectivity index (χ2v) is 9.66. The largest absolute Gasteiger partial charge is 0.494 e. The highest BCUT2D eigenvalue weighted by Crippen LogP contribution is 2.36. The van der Waals surface area contributed by atoms with Gasteiger partial charge in [0, 0.05) is 13.1 Å². The van der Waals surface area contributed by atoms with Gasteiger partial charge < -0.3 is 9.31 Å². The van der Waals surface area contributed by atoms with Crippen molar-refractivity contribution in [2.24, 2.45) is 0 Å². The van der Waals surface area contributed by atoms with E-state index in [2.05, 4.69) is 0 Å². The molecular formula is C18H30BNO4S. The predicted octanol–water partition coefficient (Wildman–Crippen LogP) is 2.55. The van der Waals surface area contributed by atoms with Crippen molar-refractivity contribution in [3.63, 3.8) is 0 Å². The van der Waals surface area contributed by atoms with E-state index >= 15 is 0 Å². The van der Waals surface area contributed by atoms with Gasteiger partial charge in [-0.05, 0) is 45.1 Å². The molecule has 140 valence electrons. The van der Waals surface area contributed by atoms with E-state index in [1.54, 1.807) is 0 Å². The molecule has 1 aromatic carbocycles. The summed E-state index contributed by atoms with van der Waals surface area (Å²) in [7, 11) is -3.66. The SMILES string of the molecule is CCCS(=O)(=O)N(CC)Cc1cccc(B2OC(C)(C)C(C)(C)O2)c1. The fourth-order valence-electron chi connectivity index (χ4n) is 2.81. The summed E-state index contributed by atoms with van der Waals surface area (Å²) in [6.45, 7) is 12.7. The molecule has 0 bridgehead atoms. The molecule has 0 saturated carbocycles. The molecule has 1 fully saturated rings. The van der Waals surface area contributed by atoms with E-state index in [9.17, 15) is 8.42 Å². The zero-order valence-corrected chi connectivity index (χ0v) is 17.0. The number of hydrogen-bond donors (Lipinski definition) is 0. The Labute approximate surface area is 152 Å². The number of hydrogen-bond acceptors (Lipinski definition) is 4. The molecule has 0 aromatic heterocycles. The molecule has 1 saturated heterocycles. The summed E-state index contributed by atoms with van der Waals surface area (Å²) in [5, 5.41) is 0. The number of benzene rings is 1. The van der Waals surface area contributed by atoms with Crippen molar-refractivity contribution in [2.75, 3.05) is 12.3 Å². The number of nitrogens with zero attached hydrogens (tertiary/aromatic N) is 1. The van der Waals surface area contributed by atoms with Crippen molar-refractivity contribution in [2.45, 2.75) is 65.7 Å². The predicted molar refractivity (Wildman–Crippen MR) is 102 cm³/mol. The van der Waals surface area contributed by atoms with Crippen LogP contribution in [0.3, 0.4) is 0 Å². The molecule has 0 unspecified atom stereocenters. The highest BCUT2D eigenvalue weighted by molar-refractivity contribution is 7.89. The van der Waals surface area contributed by atoms with Gasteiger partial charge in [0.15, 0.2) is 0 Å². The Morgan fingerprint density at radius 3 is 2.20 bits per heavy atom. The fraction of sp³-hybridized carbons (Fsp3) is 0.667. The van der Waals surface area contributed by atoms with Crippen molar-refractivity contribution < 1.29 is 17.7 Å². The Balaban J connectivity index is 2.20. The molecular weight excluding hydrogens is 337 g/mol. The molecule has 0 aliphatic carbocycles. The van der Waals surface area contributed by atoms with Crippen LogP contribution in [-0.2, 0) is 25.9 Å². The summed E-state index contributed by atoms with van der Waals surface area (Å²) in [6, 6.07) is 7.81. The minimum Gasteiger partial charge on any atom is -0.399 e. The molecule has 0 radical (unpaired) electrons. The Morgan fingerprint density at radius 2 is 1.68 bits per heavy atom. The maximum Gasteiger partial charge on any atom is 0.494 e. The molecule has 1 aromatic rings. The average Bonchev–Trinajstić information content (AvgIpc) is 2.73. The van der Waals surface area contributed by atoms with E-state index < -0.39 is 28.3 Å². The second kappa shape index (κ2) is 7.39. The van der Waals surface area contributed by atoms with E-state index in [-0.39, 0.29) is 5.75 Å². The summed E-state index contributed by atoms with van der Waals surface area (Å²) < 4.78 is 38.4. The van der Waals surface area contributed by atoms with Crippen molar-refractivity contribution in [1.29, 1.82) is 0 Å². The van der Waals surface area contributed by atoms with Crippen molar-refractivity contribution in [3.8, 4) is 0 Å². The lowest BCUT2D eigenvalue weighted by Gasteiger charge is -2.32. The first-order chi connectivity index (χ1) is 11.5. The van der Waals surface area contributed by atoms with Crippen LogP contribution in [-0.4, -0.2) is 43.3 Å². The summed E-state index contributed by atoms with van der Waals surface area (Å²) in [4.78, 5) is 0. The third-order valence-electron chi connectivity index (χ3n) is 5.04. The second-order valence-electron chi connectivity index (χ2n) is 7.58. The fourth-order valence-corrected chi connectivity index (χ4v) is 4.33. The highest BCUT2D eigenvalue weighted by Gasteiger charge is 2.51. The van der Waals surface area contributed by atoms with Crippen LogP contribution in [0.4, 0.5) is 0 Å². The molecule has 0 N–H and O–H groups in total. The van der Waals surface area contributed by atoms with E-state index in [1.807, 2.05) is 65.8 Å². The van der Waals surface area contributed by atoms with Crippen LogP contribution in [0.2, 0.25) is 0 Å². The molecule has 1 aliphatic heterocycles. The van der Waals surface area contributed by atoms with Crippen LogP contribution in [0.1, 0.15) is 53.5 Å². The molecule has 5 nitrogen and oxygen atoms in total. The molecule has 2 rings (SSSR count). The third kappa shape index (κ3) is 4.45. The first kappa shape index (κ1) is 20.4. The van der Waals surface area contributed by atoms with Gasteiger partial charge in [-0.1, -0.05) is 38.1 Å². The van der Waals surface area contributed by atoms with Crippen LogP contribution in [0.5, 0.6) is 0 Å². The van der Waals surface area contributed by atoms with Gasteiger partial charge >= 0.3 is 7.12 Å². The topological polar surface area (TPSA) is 55.8 Å². The van der Waals surface area contributed by atoms with Gasteiger partial charge in [0.1, 0.15) is 0 Å². The van der Waals surface area contributed by atoms with Crippen LogP contribution in [0.25, 0.3) is 0 Å². The average molecular weight is 367 g/mol. The maximum absolute atomic E-state index is 12.4. The van der Waals surface area contributed by atoms with Gasteiger partial charge in [-0.3, -0.25) is 0 Å². The number of sulfonamides is 1. The van der Waals surface area contributed by atoms with Gasteiger partial charge in [-0.2, -0.15) is 4.31 Å². The monoisotopic (exact) mass is 367 g/mol. The lowest BCUT2D eigenvalue weighted by atomic mass is 9.78. The van der Waals surface area contributed by atoms with E-state index in [1.165, 1.54) is 4.31 Å².